The van der Waals surface area contributed by atoms with Crippen LogP contribution in [0.25, 0.3) is 88.3 Å². The van der Waals surface area contributed by atoms with E-state index in [1.165, 1.54) is 76.8 Å². The number of hydrogen-bond acceptors (Lipinski definition) is 2. The van der Waals surface area contributed by atoms with Gasteiger partial charge in [0.1, 0.15) is 5.52 Å². The molecule has 2 heteroatoms. The summed E-state index contributed by atoms with van der Waals surface area (Å²) in [7, 11) is 0. The van der Waals surface area contributed by atoms with Gasteiger partial charge >= 0.3 is 0 Å². The van der Waals surface area contributed by atoms with Gasteiger partial charge in [0, 0.05) is 11.0 Å². The van der Waals surface area contributed by atoms with Crippen molar-refractivity contribution in [2.75, 3.05) is 0 Å². The Hall–Kier alpha value is -5.99. The summed E-state index contributed by atoms with van der Waals surface area (Å²) in [5.41, 5.74) is 13.0. The summed E-state index contributed by atoms with van der Waals surface area (Å²) in [6.07, 6.45) is 0. The molecule has 8 aromatic carbocycles. The van der Waals surface area contributed by atoms with Crippen molar-refractivity contribution in [1.82, 2.24) is 4.98 Å². The summed E-state index contributed by atoms with van der Waals surface area (Å²) in [5, 5.41) is 7.60. The number of oxazole rings is 1. The molecule has 0 radical (unpaired) electrons. The number of nitrogens with zero attached hydrogens (tertiary/aromatic N) is 1. The highest BCUT2D eigenvalue weighted by atomic mass is 16.3. The molecule has 0 saturated carbocycles. The Morgan fingerprint density at radius 3 is 1.62 bits per heavy atom. The maximum Gasteiger partial charge on any atom is 0.227 e. The molecule has 0 N–H and O–H groups in total. The lowest BCUT2D eigenvalue weighted by atomic mass is 9.79. The summed E-state index contributed by atoms with van der Waals surface area (Å²) in [4.78, 5) is 4.74. The average Bonchev–Trinajstić information content (AvgIpc) is 3.67. The van der Waals surface area contributed by atoms with Gasteiger partial charge in [0.15, 0.2) is 5.58 Å². The lowest BCUT2D eigenvalue weighted by molar-refractivity contribution is 0.620. The summed E-state index contributed by atoms with van der Waals surface area (Å²) >= 11 is 0. The largest absolute Gasteiger partial charge is 0.436 e. The molecule has 10 rings (SSSR count). The number of hydrogen-bond donors (Lipinski definition) is 0. The van der Waals surface area contributed by atoms with Crippen LogP contribution in [0.3, 0.4) is 0 Å². The molecule has 0 aliphatic heterocycles. The second-order valence-electron chi connectivity index (χ2n) is 13.5. The molecule has 48 heavy (non-hydrogen) atoms. The Labute approximate surface area is 278 Å². The molecule has 0 amide bonds. The number of aromatic nitrogens is 1. The van der Waals surface area contributed by atoms with Crippen molar-refractivity contribution in [2.45, 2.75) is 19.3 Å². The van der Waals surface area contributed by atoms with Gasteiger partial charge in [-0.25, -0.2) is 4.98 Å². The number of benzene rings is 8. The monoisotopic (exact) mass is 613 g/mol. The minimum absolute atomic E-state index is 0.104. The van der Waals surface area contributed by atoms with Crippen molar-refractivity contribution in [3.63, 3.8) is 0 Å². The van der Waals surface area contributed by atoms with Crippen molar-refractivity contribution in [2.24, 2.45) is 0 Å². The van der Waals surface area contributed by atoms with Gasteiger partial charge in [0.2, 0.25) is 5.89 Å². The first-order chi connectivity index (χ1) is 23.6. The lowest BCUT2D eigenvalue weighted by Gasteiger charge is -2.24. The Bertz CT molecular complexity index is 2660. The van der Waals surface area contributed by atoms with Gasteiger partial charge in [0.05, 0.1) is 0 Å². The van der Waals surface area contributed by atoms with Gasteiger partial charge in [-0.15, -0.1) is 0 Å². The Kier molecular flexibility index (Phi) is 5.66. The maximum atomic E-state index is 6.10. The molecule has 1 heterocycles. The quantitative estimate of drug-likeness (QED) is 0.185. The van der Waals surface area contributed by atoms with E-state index < -0.39 is 0 Å². The van der Waals surface area contributed by atoms with Crippen LogP contribution in [-0.4, -0.2) is 4.98 Å². The van der Waals surface area contributed by atoms with Gasteiger partial charge in [-0.2, -0.15) is 0 Å². The van der Waals surface area contributed by atoms with E-state index in [1.807, 2.05) is 24.3 Å². The smallest absolute Gasteiger partial charge is 0.227 e. The van der Waals surface area contributed by atoms with E-state index in [1.54, 1.807) is 0 Å². The first-order valence-electron chi connectivity index (χ1n) is 16.6. The van der Waals surface area contributed by atoms with Crippen LogP contribution in [0.4, 0.5) is 0 Å². The van der Waals surface area contributed by atoms with Gasteiger partial charge in [-0.3, -0.25) is 0 Å². The van der Waals surface area contributed by atoms with E-state index in [-0.39, 0.29) is 5.41 Å². The van der Waals surface area contributed by atoms with Crippen LogP contribution in [0.2, 0.25) is 0 Å². The first-order valence-corrected chi connectivity index (χ1v) is 16.6. The fourth-order valence-corrected chi connectivity index (χ4v) is 8.26. The minimum Gasteiger partial charge on any atom is -0.436 e. The predicted molar refractivity (Wildman–Crippen MR) is 200 cm³/mol. The zero-order valence-electron chi connectivity index (χ0n) is 26.8. The van der Waals surface area contributed by atoms with Crippen LogP contribution < -0.4 is 0 Å². The van der Waals surface area contributed by atoms with Crippen LogP contribution >= 0.6 is 0 Å². The highest BCUT2D eigenvalue weighted by Gasteiger charge is 2.37. The standard InChI is InChI=1S/C46H31NO/c1-46(2)38-20-10-9-19-36(38)44-31-14-4-3-13-30(31)37(27-39(44)46)43-34-17-7-5-15-32(34)42(33-16-6-8-18-35(33)43)28-23-25-29(26-24-28)45-47-40-21-11-12-22-41(40)48-45/h3-27H,1-2H3. The molecule has 0 unspecified atom stereocenters. The molecular formula is C46H31NO. The molecule has 9 aromatic rings. The summed E-state index contributed by atoms with van der Waals surface area (Å²) < 4.78 is 6.10. The van der Waals surface area contributed by atoms with E-state index in [0.29, 0.717) is 5.89 Å². The van der Waals surface area contributed by atoms with E-state index in [4.69, 9.17) is 9.40 Å². The zero-order chi connectivity index (χ0) is 32.0. The van der Waals surface area contributed by atoms with Crippen LogP contribution in [-0.2, 0) is 5.41 Å². The highest BCUT2D eigenvalue weighted by molar-refractivity contribution is 6.24. The van der Waals surface area contributed by atoms with E-state index in [0.717, 1.165) is 16.7 Å². The van der Waals surface area contributed by atoms with Crippen LogP contribution in [0, 0.1) is 0 Å². The van der Waals surface area contributed by atoms with Crippen LogP contribution in [0.5, 0.6) is 0 Å². The van der Waals surface area contributed by atoms with Gasteiger partial charge in [-0.1, -0.05) is 135 Å². The van der Waals surface area contributed by atoms with Crippen molar-refractivity contribution < 1.29 is 4.42 Å². The van der Waals surface area contributed by atoms with Crippen LogP contribution in [0.15, 0.2) is 156 Å². The lowest BCUT2D eigenvalue weighted by Crippen LogP contribution is -2.15. The molecular weight excluding hydrogens is 583 g/mol. The fraction of sp³-hybridized carbons (Fsp3) is 0.0652. The van der Waals surface area contributed by atoms with E-state index in [9.17, 15) is 0 Å². The minimum atomic E-state index is -0.104. The Balaban J connectivity index is 1.24. The topological polar surface area (TPSA) is 26.0 Å². The molecule has 1 aliphatic rings. The fourth-order valence-electron chi connectivity index (χ4n) is 8.26. The molecule has 0 atom stereocenters. The van der Waals surface area contributed by atoms with E-state index in [2.05, 4.69) is 141 Å². The summed E-state index contributed by atoms with van der Waals surface area (Å²) in [5.74, 6) is 0.640. The van der Waals surface area contributed by atoms with Gasteiger partial charge in [-0.05, 0) is 107 Å². The Morgan fingerprint density at radius 2 is 0.958 bits per heavy atom. The average molecular weight is 614 g/mol. The third-order valence-corrected chi connectivity index (χ3v) is 10.5. The molecule has 0 bridgehead atoms. The van der Waals surface area contributed by atoms with Gasteiger partial charge < -0.3 is 4.42 Å². The Morgan fingerprint density at radius 1 is 0.438 bits per heavy atom. The normalized spacial score (nSPS) is 13.4. The molecule has 0 fully saturated rings. The maximum absolute atomic E-state index is 6.10. The van der Waals surface area contributed by atoms with E-state index >= 15 is 0 Å². The SMILES string of the molecule is CC1(C)c2ccccc2-c2c1cc(-c1c3ccccc3c(-c3ccc(-c4nc5ccccc5o4)cc3)c3ccccc13)c1ccccc21. The molecule has 2 nitrogen and oxygen atoms in total. The van der Waals surface area contributed by atoms with Crippen molar-refractivity contribution in [3.05, 3.63) is 163 Å². The summed E-state index contributed by atoms with van der Waals surface area (Å²) in [6.45, 7) is 4.75. The number of rotatable bonds is 3. The first kappa shape index (κ1) is 27.2. The van der Waals surface area contributed by atoms with Crippen molar-refractivity contribution in [3.8, 4) is 44.8 Å². The van der Waals surface area contributed by atoms with Gasteiger partial charge in [0.25, 0.3) is 0 Å². The number of para-hydroxylation sites is 2. The molecule has 1 aromatic heterocycles. The van der Waals surface area contributed by atoms with Crippen molar-refractivity contribution >= 4 is 43.4 Å². The number of fused-ring (bicyclic) bond motifs is 8. The molecule has 0 spiro atoms. The highest BCUT2D eigenvalue weighted by Crippen LogP contribution is 2.54. The molecule has 226 valence electrons. The third kappa shape index (κ3) is 3.77. The predicted octanol–water partition coefficient (Wildman–Crippen LogP) is 12.6. The molecule has 1 aliphatic carbocycles. The zero-order valence-corrected chi connectivity index (χ0v) is 26.8. The third-order valence-electron chi connectivity index (χ3n) is 10.5. The second-order valence-corrected chi connectivity index (χ2v) is 13.5. The van der Waals surface area contributed by atoms with Crippen molar-refractivity contribution in [1.29, 1.82) is 0 Å². The summed E-state index contributed by atoms with van der Waals surface area (Å²) in [6, 6.07) is 54.9. The van der Waals surface area contributed by atoms with Crippen LogP contribution in [0.1, 0.15) is 25.0 Å². The second kappa shape index (κ2) is 10.0. The molecule has 0 saturated heterocycles.